The molecule has 1 aliphatic rings. The summed E-state index contributed by atoms with van der Waals surface area (Å²) >= 11 is 6.84. The number of aliphatic hydroxyl groups is 2. The predicted molar refractivity (Wildman–Crippen MR) is 216 cm³/mol. The van der Waals surface area contributed by atoms with Crippen molar-refractivity contribution in [3.63, 3.8) is 0 Å². The third-order valence-electron chi connectivity index (χ3n) is 10.0. The Hall–Kier alpha value is -5.55. The molecule has 1 aliphatic heterocycles. The lowest BCUT2D eigenvalue weighted by molar-refractivity contribution is -0.139. The summed E-state index contributed by atoms with van der Waals surface area (Å²) in [4.78, 5) is 22.0. The number of carboxylic acid groups (broad SMARTS) is 1. The second-order valence-electron chi connectivity index (χ2n) is 14.2. The number of halogens is 1. The van der Waals surface area contributed by atoms with Crippen molar-refractivity contribution in [2.24, 2.45) is 0 Å². The van der Waals surface area contributed by atoms with E-state index in [4.69, 9.17) is 35.9 Å². The number of likely N-dealkylation sites (tertiary alicyclic amines) is 1. The summed E-state index contributed by atoms with van der Waals surface area (Å²) in [6, 6.07) is 23.6. The van der Waals surface area contributed by atoms with E-state index in [1.165, 1.54) is 6.20 Å². The molecular weight excluding hydrogens is 746 g/mol. The molecule has 12 nitrogen and oxygen atoms in total. The minimum absolute atomic E-state index is 0.125. The maximum Gasteiger partial charge on any atom is 0.306 e. The molecule has 3 aromatic carbocycles. The number of rotatable bonds is 17. The summed E-state index contributed by atoms with van der Waals surface area (Å²) in [5.41, 5.74) is 9.71. The van der Waals surface area contributed by atoms with Gasteiger partial charge in [0.05, 0.1) is 42.0 Å². The van der Waals surface area contributed by atoms with Gasteiger partial charge in [-0.3, -0.25) is 14.7 Å². The Morgan fingerprint density at radius 3 is 2.47 bits per heavy atom. The second-order valence-corrected chi connectivity index (χ2v) is 14.6. The highest BCUT2D eigenvalue weighted by Gasteiger charge is 2.23. The lowest BCUT2D eigenvalue weighted by Crippen LogP contribution is -2.28. The Kier molecular flexibility index (Phi) is 13.7. The number of pyridine rings is 2. The van der Waals surface area contributed by atoms with Gasteiger partial charge in [0.1, 0.15) is 30.8 Å². The average Bonchev–Trinajstić information content (AvgIpc) is 3.61. The Morgan fingerprint density at radius 2 is 1.74 bits per heavy atom. The number of carboxylic acids is 1. The molecule has 13 heteroatoms. The van der Waals surface area contributed by atoms with Crippen molar-refractivity contribution >= 4 is 17.6 Å². The zero-order valence-electron chi connectivity index (χ0n) is 32.2. The van der Waals surface area contributed by atoms with E-state index in [0.717, 1.165) is 62.3 Å². The summed E-state index contributed by atoms with van der Waals surface area (Å²) in [5.74, 6) is 0.450. The molecule has 0 saturated carbocycles. The number of ether oxygens (including phenoxy) is 3. The molecule has 0 bridgehead atoms. The van der Waals surface area contributed by atoms with Crippen molar-refractivity contribution in [2.45, 2.75) is 65.2 Å². The number of aliphatic hydroxyl groups excluding tert-OH is 2. The van der Waals surface area contributed by atoms with Gasteiger partial charge in [0.15, 0.2) is 0 Å². The minimum atomic E-state index is -1.06. The van der Waals surface area contributed by atoms with Crippen LogP contribution in [0.5, 0.6) is 17.4 Å². The highest BCUT2D eigenvalue weighted by Crippen LogP contribution is 2.37. The molecular formula is C44H46ClN5O7. The van der Waals surface area contributed by atoms with Gasteiger partial charge in [-0.05, 0) is 66.3 Å². The molecule has 0 spiro atoms. The van der Waals surface area contributed by atoms with Crippen molar-refractivity contribution in [2.75, 3.05) is 26.7 Å². The molecule has 0 radical (unpaired) electrons. The van der Waals surface area contributed by atoms with E-state index in [1.54, 1.807) is 19.4 Å². The van der Waals surface area contributed by atoms with E-state index >= 15 is 0 Å². The van der Waals surface area contributed by atoms with Crippen molar-refractivity contribution < 1.29 is 34.3 Å². The number of β-amino-alcohol motifs (C(OH)–C–C–N with tert-alkyl or cyclic N) is 1. The smallest absolute Gasteiger partial charge is 0.306 e. The van der Waals surface area contributed by atoms with Gasteiger partial charge in [0, 0.05) is 73.4 Å². The monoisotopic (exact) mass is 791 g/mol. The molecule has 2 unspecified atom stereocenters. The van der Waals surface area contributed by atoms with Gasteiger partial charge in [-0.2, -0.15) is 5.26 Å². The van der Waals surface area contributed by atoms with E-state index in [2.05, 4.69) is 47.3 Å². The Balaban J connectivity index is 1.20. The van der Waals surface area contributed by atoms with Gasteiger partial charge in [-0.1, -0.05) is 54.1 Å². The number of hydrogen-bond acceptors (Lipinski definition) is 11. The van der Waals surface area contributed by atoms with Gasteiger partial charge in [0.2, 0.25) is 5.88 Å². The normalized spacial score (nSPS) is 14.6. The van der Waals surface area contributed by atoms with Crippen LogP contribution in [0.3, 0.4) is 0 Å². The van der Waals surface area contributed by atoms with Crippen LogP contribution in [-0.4, -0.2) is 75.1 Å². The molecule has 0 amide bonds. The van der Waals surface area contributed by atoms with E-state index in [-0.39, 0.29) is 32.3 Å². The SMILES string of the molecule is COc1nc(-c2cccc(-c3cccc(COc4cc(OCc5cncc(C#N)c5)c(CN5CCC(O)C5)cc4Cl)c3C)c2C)ccc1CNCC(O)CC(=O)O. The van der Waals surface area contributed by atoms with Crippen molar-refractivity contribution in [1.29, 1.82) is 5.26 Å². The number of aromatic nitrogens is 2. The zero-order valence-corrected chi connectivity index (χ0v) is 32.9. The largest absolute Gasteiger partial charge is 0.488 e. The molecule has 1 fully saturated rings. The summed E-state index contributed by atoms with van der Waals surface area (Å²) in [6.45, 7) is 6.96. The van der Waals surface area contributed by atoms with E-state index < -0.39 is 12.1 Å². The summed E-state index contributed by atoms with van der Waals surface area (Å²) in [5, 5.41) is 41.8. The molecule has 6 rings (SSSR count). The highest BCUT2D eigenvalue weighted by atomic mass is 35.5. The molecule has 0 aliphatic carbocycles. The quantitative estimate of drug-likeness (QED) is 0.0796. The Bertz CT molecular complexity index is 2260. The number of nitrogens with one attached hydrogen (secondary N) is 1. The number of nitrogens with zero attached hydrogens (tertiary/aromatic N) is 4. The first kappa shape index (κ1) is 41.1. The van der Waals surface area contributed by atoms with Gasteiger partial charge < -0.3 is 34.8 Å². The highest BCUT2D eigenvalue weighted by molar-refractivity contribution is 6.32. The molecule has 2 atom stereocenters. The minimum Gasteiger partial charge on any atom is -0.488 e. The molecule has 5 aromatic rings. The first-order valence-electron chi connectivity index (χ1n) is 18.7. The first-order chi connectivity index (χ1) is 27.5. The molecule has 3 heterocycles. The lowest BCUT2D eigenvalue weighted by atomic mass is 9.90. The fraction of sp³-hybridized carbons (Fsp3) is 0.318. The van der Waals surface area contributed by atoms with Crippen LogP contribution in [0.25, 0.3) is 22.4 Å². The predicted octanol–water partition coefficient (Wildman–Crippen LogP) is 6.61. The summed E-state index contributed by atoms with van der Waals surface area (Å²) in [7, 11) is 1.56. The average molecular weight is 792 g/mol. The summed E-state index contributed by atoms with van der Waals surface area (Å²) in [6.07, 6.45) is 2.20. The first-order valence-corrected chi connectivity index (χ1v) is 19.1. The van der Waals surface area contributed by atoms with Gasteiger partial charge in [0.25, 0.3) is 0 Å². The van der Waals surface area contributed by atoms with Gasteiger partial charge in [-0.25, -0.2) is 4.98 Å². The van der Waals surface area contributed by atoms with Crippen LogP contribution in [0.2, 0.25) is 5.02 Å². The Morgan fingerprint density at radius 1 is 0.982 bits per heavy atom. The third-order valence-corrected chi connectivity index (χ3v) is 10.3. The van der Waals surface area contributed by atoms with Crippen LogP contribution in [0, 0.1) is 25.2 Å². The molecule has 57 heavy (non-hydrogen) atoms. The van der Waals surface area contributed by atoms with E-state index in [1.807, 2.05) is 48.5 Å². The fourth-order valence-electron chi connectivity index (χ4n) is 7.00. The Labute approximate surface area is 337 Å². The van der Waals surface area contributed by atoms with E-state index in [9.17, 15) is 20.3 Å². The fourth-order valence-corrected chi connectivity index (χ4v) is 7.24. The number of methoxy groups -OCH3 is 1. The van der Waals surface area contributed by atoms with Crippen LogP contribution >= 0.6 is 11.6 Å². The molecule has 4 N–H and O–H groups in total. The van der Waals surface area contributed by atoms with Gasteiger partial charge >= 0.3 is 5.97 Å². The molecule has 2 aromatic heterocycles. The maximum absolute atomic E-state index is 10.9. The second kappa shape index (κ2) is 19.1. The topological polar surface area (TPSA) is 170 Å². The number of nitriles is 1. The third kappa shape index (κ3) is 10.5. The van der Waals surface area contributed by atoms with Crippen molar-refractivity contribution in [1.82, 2.24) is 20.2 Å². The summed E-state index contributed by atoms with van der Waals surface area (Å²) < 4.78 is 18.3. The van der Waals surface area contributed by atoms with Crippen molar-refractivity contribution in [3.8, 4) is 45.8 Å². The molecule has 1 saturated heterocycles. The van der Waals surface area contributed by atoms with Crippen LogP contribution in [0.1, 0.15) is 51.8 Å². The van der Waals surface area contributed by atoms with Crippen LogP contribution in [-0.2, 0) is 31.1 Å². The van der Waals surface area contributed by atoms with Crippen molar-refractivity contribution in [3.05, 3.63) is 123 Å². The zero-order chi connectivity index (χ0) is 40.5. The lowest BCUT2D eigenvalue weighted by Gasteiger charge is -2.20. The van der Waals surface area contributed by atoms with Gasteiger partial charge in [-0.15, -0.1) is 0 Å². The molecule has 296 valence electrons. The van der Waals surface area contributed by atoms with Crippen LogP contribution < -0.4 is 19.5 Å². The number of benzene rings is 3. The van der Waals surface area contributed by atoms with E-state index in [0.29, 0.717) is 54.0 Å². The number of hydrogen-bond donors (Lipinski definition) is 4. The maximum atomic E-state index is 10.9. The number of aliphatic carboxylic acids is 1. The standard InChI is InChI=1S/C44H46ClN5O7/c1-27-32(26-57-42-17-41(56-25-30-14-29(18-46)19-47-20-30)33(15-39(42)45)23-50-13-12-34(51)24-50)6-4-7-36(27)37-8-5-9-38(28(37)2)40-11-10-31(44(49-40)55-3)21-48-22-35(52)16-43(53)54/h4-11,14-15,17,19-20,34-35,48,51-52H,12-13,16,21-26H2,1-3H3,(H,53,54). The van der Waals surface area contributed by atoms with Crippen LogP contribution in [0.4, 0.5) is 0 Å². The van der Waals surface area contributed by atoms with Crippen LogP contribution in [0.15, 0.2) is 79.1 Å². The number of carbonyl (C=O) groups is 1.